The van der Waals surface area contributed by atoms with E-state index < -0.39 is 0 Å². The number of ether oxygens (including phenoxy) is 2. The fraction of sp³-hybridized carbons (Fsp3) is 0.562. The van der Waals surface area contributed by atoms with Crippen molar-refractivity contribution in [1.29, 1.82) is 0 Å². The first kappa shape index (κ1) is 23.7. The normalized spacial score (nSPS) is 11.1. The van der Waals surface area contributed by atoms with Crippen LogP contribution >= 0.6 is 47.2 Å². The molecular formula is C16H26Cl2IN3O2. The minimum Gasteiger partial charge on any atom is -0.382 e. The Bertz CT molecular complexity index is 490. The molecule has 1 aromatic carbocycles. The van der Waals surface area contributed by atoms with Gasteiger partial charge in [0.2, 0.25) is 0 Å². The minimum absolute atomic E-state index is 0. The Morgan fingerprint density at radius 2 is 1.96 bits per heavy atom. The van der Waals surface area contributed by atoms with Crippen molar-refractivity contribution in [2.45, 2.75) is 19.9 Å². The third-order valence-corrected chi connectivity index (χ3v) is 3.54. The molecule has 0 aliphatic carbocycles. The van der Waals surface area contributed by atoms with Crippen LogP contribution in [0.25, 0.3) is 0 Å². The first-order chi connectivity index (χ1) is 11.2. The zero-order valence-electron chi connectivity index (χ0n) is 14.1. The molecule has 0 bridgehead atoms. The average Bonchev–Trinajstić information content (AvgIpc) is 2.53. The van der Waals surface area contributed by atoms with Crippen molar-refractivity contribution in [3.05, 3.63) is 33.8 Å². The standard InChI is InChI=1S/C16H25Cl2N3O2.HI/c1-3-19-16(20-7-4-8-23-10-9-22-2)21-12-13-5-6-14(17)11-15(13)18;/h5-6,11H,3-4,7-10,12H2,1-2H3,(H2,19,20,21);1H. The molecule has 8 heteroatoms. The van der Waals surface area contributed by atoms with E-state index in [9.17, 15) is 0 Å². The smallest absolute Gasteiger partial charge is 0.191 e. The van der Waals surface area contributed by atoms with Crippen molar-refractivity contribution in [3.63, 3.8) is 0 Å². The quantitative estimate of drug-likeness (QED) is 0.227. The Labute approximate surface area is 171 Å². The van der Waals surface area contributed by atoms with E-state index >= 15 is 0 Å². The van der Waals surface area contributed by atoms with E-state index in [1.807, 2.05) is 19.1 Å². The maximum atomic E-state index is 6.16. The van der Waals surface area contributed by atoms with Crippen LogP contribution in [0, 0.1) is 0 Å². The molecule has 138 valence electrons. The van der Waals surface area contributed by atoms with E-state index in [1.54, 1.807) is 13.2 Å². The molecule has 0 atom stereocenters. The van der Waals surface area contributed by atoms with Gasteiger partial charge in [-0.1, -0.05) is 29.3 Å². The van der Waals surface area contributed by atoms with E-state index in [4.69, 9.17) is 32.7 Å². The Balaban J connectivity index is 0.00000529. The third-order valence-electron chi connectivity index (χ3n) is 2.96. The molecule has 0 fully saturated rings. The summed E-state index contributed by atoms with van der Waals surface area (Å²) in [6, 6.07) is 5.43. The highest BCUT2D eigenvalue weighted by atomic mass is 127. The van der Waals surface area contributed by atoms with E-state index in [2.05, 4.69) is 15.6 Å². The van der Waals surface area contributed by atoms with E-state index in [1.165, 1.54) is 0 Å². The number of rotatable bonds is 10. The summed E-state index contributed by atoms with van der Waals surface area (Å²) < 4.78 is 10.3. The molecule has 0 amide bonds. The van der Waals surface area contributed by atoms with Crippen LogP contribution in [0.4, 0.5) is 0 Å². The highest BCUT2D eigenvalue weighted by Crippen LogP contribution is 2.21. The Morgan fingerprint density at radius 1 is 1.17 bits per heavy atom. The van der Waals surface area contributed by atoms with Gasteiger partial charge in [-0.2, -0.15) is 0 Å². The van der Waals surface area contributed by atoms with E-state index in [0.29, 0.717) is 36.4 Å². The lowest BCUT2D eigenvalue weighted by Gasteiger charge is -2.11. The summed E-state index contributed by atoms with van der Waals surface area (Å²) in [5.41, 5.74) is 0.941. The maximum absolute atomic E-state index is 6.16. The lowest BCUT2D eigenvalue weighted by molar-refractivity contribution is 0.0698. The van der Waals surface area contributed by atoms with E-state index in [0.717, 1.165) is 31.0 Å². The number of aliphatic imine (C=N–C) groups is 1. The SMILES string of the molecule is CCNC(=NCc1ccc(Cl)cc1Cl)NCCCOCCOC.I. The van der Waals surface area contributed by atoms with Crippen molar-refractivity contribution in [2.24, 2.45) is 4.99 Å². The van der Waals surface area contributed by atoms with Crippen LogP contribution in [0.5, 0.6) is 0 Å². The number of hydrogen-bond acceptors (Lipinski definition) is 3. The number of methoxy groups -OCH3 is 1. The molecule has 0 unspecified atom stereocenters. The summed E-state index contributed by atoms with van der Waals surface area (Å²) in [6.07, 6.45) is 0.899. The molecule has 2 N–H and O–H groups in total. The van der Waals surface area contributed by atoms with E-state index in [-0.39, 0.29) is 24.0 Å². The van der Waals surface area contributed by atoms with Gasteiger partial charge in [0.1, 0.15) is 0 Å². The van der Waals surface area contributed by atoms with Gasteiger partial charge >= 0.3 is 0 Å². The van der Waals surface area contributed by atoms with Gasteiger partial charge in [0.15, 0.2) is 5.96 Å². The molecule has 5 nitrogen and oxygen atoms in total. The highest BCUT2D eigenvalue weighted by Gasteiger charge is 2.02. The molecule has 0 aliphatic rings. The van der Waals surface area contributed by atoms with Gasteiger partial charge in [0.25, 0.3) is 0 Å². The first-order valence-corrected chi connectivity index (χ1v) is 8.45. The number of guanidine groups is 1. The van der Waals surface area contributed by atoms with Crippen molar-refractivity contribution in [3.8, 4) is 0 Å². The lowest BCUT2D eigenvalue weighted by atomic mass is 10.2. The number of nitrogens with zero attached hydrogens (tertiary/aromatic N) is 1. The summed E-state index contributed by atoms with van der Waals surface area (Å²) in [4.78, 5) is 4.53. The lowest BCUT2D eigenvalue weighted by Crippen LogP contribution is -2.38. The fourth-order valence-corrected chi connectivity index (χ4v) is 2.25. The second-order valence-corrected chi connectivity index (χ2v) is 5.66. The van der Waals surface area contributed by atoms with Gasteiger partial charge in [0, 0.05) is 36.9 Å². The molecule has 0 heterocycles. The molecular weight excluding hydrogens is 464 g/mol. The zero-order valence-corrected chi connectivity index (χ0v) is 18.0. The van der Waals surface area contributed by atoms with Crippen LogP contribution in [0.2, 0.25) is 10.0 Å². The average molecular weight is 490 g/mol. The number of hydrogen-bond donors (Lipinski definition) is 2. The highest BCUT2D eigenvalue weighted by molar-refractivity contribution is 14.0. The van der Waals surface area contributed by atoms with Gasteiger partial charge in [-0.05, 0) is 31.0 Å². The second kappa shape index (κ2) is 15.0. The minimum atomic E-state index is 0. The predicted octanol–water partition coefficient (Wildman–Crippen LogP) is 3.72. The Hall–Kier alpha value is -0.280. The van der Waals surface area contributed by atoms with Gasteiger partial charge in [0.05, 0.1) is 19.8 Å². The molecule has 0 saturated heterocycles. The molecule has 0 radical (unpaired) electrons. The van der Waals surface area contributed by atoms with Crippen molar-refractivity contribution < 1.29 is 9.47 Å². The first-order valence-electron chi connectivity index (χ1n) is 7.70. The summed E-state index contributed by atoms with van der Waals surface area (Å²) in [6.45, 7) is 6.05. The number of halogens is 3. The fourth-order valence-electron chi connectivity index (χ4n) is 1.78. The number of benzene rings is 1. The third kappa shape index (κ3) is 10.6. The molecule has 1 aromatic rings. The van der Waals surface area contributed by atoms with Crippen LogP contribution in [0.15, 0.2) is 23.2 Å². The Morgan fingerprint density at radius 3 is 2.62 bits per heavy atom. The van der Waals surface area contributed by atoms with Crippen LogP contribution in [-0.2, 0) is 16.0 Å². The van der Waals surface area contributed by atoms with Crippen LogP contribution in [-0.4, -0.2) is 46.0 Å². The van der Waals surface area contributed by atoms with Crippen molar-refractivity contribution in [1.82, 2.24) is 10.6 Å². The topological polar surface area (TPSA) is 54.9 Å². The Kier molecular flexibility index (Phi) is 14.8. The van der Waals surface area contributed by atoms with Crippen molar-refractivity contribution in [2.75, 3.05) is 40.0 Å². The monoisotopic (exact) mass is 489 g/mol. The van der Waals surface area contributed by atoms with Gasteiger partial charge in [-0.25, -0.2) is 4.99 Å². The zero-order chi connectivity index (χ0) is 16.9. The predicted molar refractivity (Wildman–Crippen MR) is 112 cm³/mol. The largest absolute Gasteiger partial charge is 0.382 e. The van der Waals surface area contributed by atoms with Gasteiger partial charge in [-0.3, -0.25) is 0 Å². The molecule has 0 aliphatic heterocycles. The van der Waals surface area contributed by atoms with Crippen LogP contribution in [0.1, 0.15) is 18.9 Å². The molecule has 24 heavy (non-hydrogen) atoms. The summed E-state index contributed by atoms with van der Waals surface area (Å²) in [5, 5.41) is 7.73. The summed E-state index contributed by atoms with van der Waals surface area (Å²) in [5.74, 6) is 0.760. The summed E-state index contributed by atoms with van der Waals surface area (Å²) in [7, 11) is 1.66. The van der Waals surface area contributed by atoms with Crippen LogP contribution < -0.4 is 10.6 Å². The molecule has 0 saturated carbocycles. The number of nitrogens with one attached hydrogen (secondary N) is 2. The van der Waals surface area contributed by atoms with Gasteiger partial charge < -0.3 is 20.1 Å². The van der Waals surface area contributed by atoms with Crippen LogP contribution in [0.3, 0.4) is 0 Å². The summed E-state index contributed by atoms with van der Waals surface area (Å²) >= 11 is 12.1. The molecule has 0 aromatic heterocycles. The van der Waals surface area contributed by atoms with Crippen molar-refractivity contribution >= 4 is 53.1 Å². The molecule has 0 spiro atoms. The molecule has 1 rings (SSSR count). The van der Waals surface area contributed by atoms with Gasteiger partial charge in [-0.15, -0.1) is 24.0 Å². The maximum Gasteiger partial charge on any atom is 0.191 e. The second-order valence-electron chi connectivity index (χ2n) is 4.82.